The SMILES string of the molecule is CCN(c1cccc(F)c1)c1cncc(NC)c1. The molecule has 0 amide bonds. The van der Waals surface area contributed by atoms with Gasteiger partial charge in [-0.3, -0.25) is 4.98 Å². The summed E-state index contributed by atoms with van der Waals surface area (Å²) in [6, 6.07) is 8.55. The molecule has 94 valence electrons. The molecule has 1 aromatic heterocycles. The summed E-state index contributed by atoms with van der Waals surface area (Å²) in [6.07, 6.45) is 3.53. The highest BCUT2D eigenvalue weighted by molar-refractivity contribution is 5.65. The molecular formula is C14H16FN3. The van der Waals surface area contributed by atoms with Crippen LogP contribution in [0.5, 0.6) is 0 Å². The molecule has 0 bridgehead atoms. The van der Waals surface area contributed by atoms with Gasteiger partial charge in [-0.15, -0.1) is 0 Å². The number of nitrogens with one attached hydrogen (secondary N) is 1. The minimum absolute atomic E-state index is 0.233. The number of hydrogen-bond donors (Lipinski definition) is 1. The van der Waals surface area contributed by atoms with Crippen LogP contribution in [0, 0.1) is 5.82 Å². The standard InChI is InChI=1S/C14H16FN3/c1-3-18(13-6-4-5-11(15)7-13)14-8-12(16-2)9-17-10-14/h4-10,16H,3H2,1-2H3. The first-order valence-electron chi connectivity index (χ1n) is 5.90. The second-order valence-corrected chi connectivity index (χ2v) is 3.91. The number of rotatable bonds is 4. The van der Waals surface area contributed by atoms with E-state index in [1.807, 2.05) is 31.0 Å². The van der Waals surface area contributed by atoms with E-state index in [2.05, 4.69) is 10.3 Å². The fourth-order valence-electron chi connectivity index (χ4n) is 1.87. The van der Waals surface area contributed by atoms with Crippen molar-refractivity contribution in [2.45, 2.75) is 6.92 Å². The van der Waals surface area contributed by atoms with Crippen LogP contribution >= 0.6 is 0 Å². The summed E-state index contributed by atoms with van der Waals surface area (Å²) in [4.78, 5) is 6.19. The zero-order chi connectivity index (χ0) is 13.0. The third-order valence-corrected chi connectivity index (χ3v) is 2.76. The third-order valence-electron chi connectivity index (χ3n) is 2.76. The van der Waals surface area contributed by atoms with Crippen LogP contribution in [0.15, 0.2) is 42.7 Å². The number of halogens is 1. The van der Waals surface area contributed by atoms with E-state index in [0.29, 0.717) is 0 Å². The molecule has 18 heavy (non-hydrogen) atoms. The highest BCUT2D eigenvalue weighted by atomic mass is 19.1. The molecule has 2 aromatic rings. The number of hydrogen-bond acceptors (Lipinski definition) is 3. The van der Waals surface area contributed by atoms with Gasteiger partial charge in [-0.2, -0.15) is 0 Å². The summed E-state index contributed by atoms with van der Waals surface area (Å²) in [5.41, 5.74) is 2.70. The summed E-state index contributed by atoms with van der Waals surface area (Å²) in [6.45, 7) is 2.77. The molecule has 0 aliphatic heterocycles. The van der Waals surface area contributed by atoms with Gasteiger partial charge in [-0.25, -0.2) is 4.39 Å². The molecule has 0 saturated heterocycles. The van der Waals surface area contributed by atoms with E-state index in [1.54, 1.807) is 18.5 Å². The van der Waals surface area contributed by atoms with Crippen molar-refractivity contribution >= 4 is 17.1 Å². The zero-order valence-corrected chi connectivity index (χ0v) is 10.5. The van der Waals surface area contributed by atoms with Gasteiger partial charge < -0.3 is 10.2 Å². The molecule has 0 aliphatic carbocycles. The normalized spacial score (nSPS) is 10.2. The Bertz CT molecular complexity index is 528. The quantitative estimate of drug-likeness (QED) is 0.894. The van der Waals surface area contributed by atoms with Crippen molar-refractivity contribution in [3.8, 4) is 0 Å². The van der Waals surface area contributed by atoms with Crippen LogP contribution in [0.25, 0.3) is 0 Å². The van der Waals surface area contributed by atoms with E-state index in [9.17, 15) is 4.39 Å². The van der Waals surface area contributed by atoms with Crippen molar-refractivity contribution in [3.63, 3.8) is 0 Å². The van der Waals surface area contributed by atoms with Crippen LogP contribution in [-0.4, -0.2) is 18.6 Å². The maximum absolute atomic E-state index is 13.3. The van der Waals surface area contributed by atoms with Crippen molar-refractivity contribution < 1.29 is 4.39 Å². The summed E-state index contributed by atoms with van der Waals surface area (Å²) >= 11 is 0. The number of pyridine rings is 1. The van der Waals surface area contributed by atoms with Gasteiger partial charge in [0.2, 0.25) is 0 Å². The van der Waals surface area contributed by atoms with Crippen molar-refractivity contribution in [2.75, 3.05) is 23.8 Å². The Morgan fingerprint density at radius 3 is 2.72 bits per heavy atom. The Balaban J connectivity index is 2.38. The van der Waals surface area contributed by atoms with Crippen LogP contribution < -0.4 is 10.2 Å². The van der Waals surface area contributed by atoms with Gasteiger partial charge in [0, 0.05) is 19.3 Å². The van der Waals surface area contributed by atoms with Crippen molar-refractivity contribution in [1.29, 1.82) is 0 Å². The lowest BCUT2D eigenvalue weighted by atomic mass is 10.2. The summed E-state index contributed by atoms with van der Waals surface area (Å²) in [7, 11) is 1.85. The van der Waals surface area contributed by atoms with Crippen LogP contribution in [0.4, 0.5) is 21.5 Å². The Morgan fingerprint density at radius 2 is 2.06 bits per heavy atom. The van der Waals surface area contributed by atoms with Crippen LogP contribution in [-0.2, 0) is 0 Å². The van der Waals surface area contributed by atoms with Gasteiger partial charge >= 0.3 is 0 Å². The van der Waals surface area contributed by atoms with Crippen LogP contribution in [0.2, 0.25) is 0 Å². The molecule has 0 fully saturated rings. The van der Waals surface area contributed by atoms with E-state index in [4.69, 9.17) is 0 Å². The molecule has 0 atom stereocenters. The van der Waals surface area contributed by atoms with Gasteiger partial charge in [-0.1, -0.05) is 6.07 Å². The van der Waals surface area contributed by atoms with Crippen LogP contribution in [0.3, 0.4) is 0 Å². The number of anilines is 3. The maximum Gasteiger partial charge on any atom is 0.125 e. The third kappa shape index (κ3) is 2.59. The van der Waals surface area contributed by atoms with E-state index < -0.39 is 0 Å². The molecule has 0 saturated carbocycles. The molecule has 0 radical (unpaired) electrons. The molecule has 0 unspecified atom stereocenters. The van der Waals surface area contributed by atoms with Gasteiger partial charge in [-0.05, 0) is 31.2 Å². The summed E-state index contributed by atoms with van der Waals surface area (Å²) in [5.74, 6) is -0.233. The van der Waals surface area contributed by atoms with E-state index >= 15 is 0 Å². The average molecular weight is 245 g/mol. The first-order chi connectivity index (χ1) is 8.74. The van der Waals surface area contributed by atoms with Gasteiger partial charge in [0.25, 0.3) is 0 Å². The largest absolute Gasteiger partial charge is 0.387 e. The summed E-state index contributed by atoms with van der Waals surface area (Å²) in [5, 5.41) is 3.05. The minimum Gasteiger partial charge on any atom is -0.387 e. The van der Waals surface area contributed by atoms with E-state index in [1.165, 1.54) is 12.1 Å². The fraction of sp³-hybridized carbons (Fsp3) is 0.214. The monoisotopic (exact) mass is 245 g/mol. The van der Waals surface area contributed by atoms with E-state index in [-0.39, 0.29) is 5.82 Å². The Kier molecular flexibility index (Phi) is 3.77. The first-order valence-corrected chi connectivity index (χ1v) is 5.90. The van der Waals surface area contributed by atoms with Gasteiger partial charge in [0.15, 0.2) is 0 Å². The molecule has 3 nitrogen and oxygen atoms in total. The second kappa shape index (κ2) is 5.49. The van der Waals surface area contributed by atoms with Crippen LogP contribution in [0.1, 0.15) is 6.92 Å². The van der Waals surface area contributed by atoms with Crippen molar-refractivity contribution in [1.82, 2.24) is 4.98 Å². The lowest BCUT2D eigenvalue weighted by molar-refractivity contribution is 0.627. The highest BCUT2D eigenvalue weighted by Gasteiger charge is 2.08. The Hall–Kier alpha value is -2.10. The molecule has 2 rings (SSSR count). The predicted octanol–water partition coefficient (Wildman–Crippen LogP) is 3.42. The molecule has 1 heterocycles. The zero-order valence-electron chi connectivity index (χ0n) is 10.5. The summed E-state index contributed by atoms with van der Waals surface area (Å²) < 4.78 is 13.3. The van der Waals surface area contributed by atoms with Crippen molar-refractivity contribution in [2.24, 2.45) is 0 Å². The maximum atomic E-state index is 13.3. The minimum atomic E-state index is -0.233. The molecule has 4 heteroatoms. The Morgan fingerprint density at radius 1 is 1.22 bits per heavy atom. The van der Waals surface area contributed by atoms with Gasteiger partial charge in [0.05, 0.1) is 23.8 Å². The average Bonchev–Trinajstić information content (AvgIpc) is 2.40. The lowest BCUT2D eigenvalue weighted by Crippen LogP contribution is -2.16. The molecule has 1 N–H and O–H groups in total. The molecular weight excluding hydrogens is 229 g/mol. The molecule has 1 aromatic carbocycles. The second-order valence-electron chi connectivity index (χ2n) is 3.91. The topological polar surface area (TPSA) is 28.2 Å². The first kappa shape index (κ1) is 12.4. The molecule has 0 spiro atoms. The Labute approximate surface area is 106 Å². The van der Waals surface area contributed by atoms with E-state index in [0.717, 1.165) is 23.6 Å². The molecule has 0 aliphatic rings. The number of aromatic nitrogens is 1. The smallest absolute Gasteiger partial charge is 0.125 e. The fourth-order valence-corrected chi connectivity index (χ4v) is 1.87. The number of nitrogens with zero attached hydrogens (tertiary/aromatic N) is 2. The number of benzene rings is 1. The van der Waals surface area contributed by atoms with Crippen molar-refractivity contribution in [3.05, 3.63) is 48.5 Å². The van der Waals surface area contributed by atoms with Gasteiger partial charge in [0.1, 0.15) is 5.82 Å². The lowest BCUT2D eigenvalue weighted by Gasteiger charge is -2.23. The highest BCUT2D eigenvalue weighted by Crippen LogP contribution is 2.26. The predicted molar refractivity (Wildman–Crippen MR) is 72.9 cm³/mol.